The number of phenols is 1. The SMILES string of the molecule is CC1CN(Cc2ccc(O)c3ncccc23)CC(C)O1. The Balaban J connectivity index is 1.89. The van der Waals surface area contributed by atoms with E-state index in [4.69, 9.17) is 4.74 Å². The molecule has 2 aromatic rings. The Morgan fingerprint density at radius 2 is 2.00 bits per heavy atom. The number of phenolic OH excluding ortho intramolecular Hbond substituents is 1. The second-order valence-corrected chi connectivity index (χ2v) is 5.59. The summed E-state index contributed by atoms with van der Waals surface area (Å²) in [5.74, 6) is 0.244. The van der Waals surface area contributed by atoms with Gasteiger partial charge in [-0.25, -0.2) is 0 Å². The Bertz CT molecular complexity index is 604. The molecule has 1 aromatic heterocycles. The largest absolute Gasteiger partial charge is 0.506 e. The van der Waals surface area contributed by atoms with Crippen LogP contribution in [0.3, 0.4) is 0 Å². The van der Waals surface area contributed by atoms with Crippen LogP contribution in [0.15, 0.2) is 30.5 Å². The van der Waals surface area contributed by atoms with Crippen LogP contribution in [-0.4, -0.2) is 40.3 Å². The predicted octanol–water partition coefficient (Wildman–Crippen LogP) is 2.55. The Morgan fingerprint density at radius 1 is 1.25 bits per heavy atom. The quantitative estimate of drug-likeness (QED) is 0.912. The van der Waals surface area contributed by atoms with E-state index in [0.717, 1.165) is 25.0 Å². The zero-order valence-electron chi connectivity index (χ0n) is 11.9. The lowest BCUT2D eigenvalue weighted by Crippen LogP contribution is -2.44. The number of fused-ring (bicyclic) bond motifs is 1. The number of ether oxygens (including phenoxy) is 1. The summed E-state index contributed by atoms with van der Waals surface area (Å²) in [5, 5.41) is 10.9. The molecule has 2 heterocycles. The molecule has 1 aliphatic heterocycles. The molecular weight excluding hydrogens is 252 g/mol. The first-order valence-electron chi connectivity index (χ1n) is 7.07. The van der Waals surface area contributed by atoms with Crippen LogP contribution in [0.1, 0.15) is 19.4 Å². The molecular formula is C16H20N2O2. The Labute approximate surface area is 119 Å². The summed E-state index contributed by atoms with van der Waals surface area (Å²) < 4.78 is 5.77. The van der Waals surface area contributed by atoms with Crippen molar-refractivity contribution < 1.29 is 9.84 Å². The molecule has 0 bridgehead atoms. The van der Waals surface area contributed by atoms with Gasteiger partial charge in [0.15, 0.2) is 0 Å². The number of morpholine rings is 1. The first kappa shape index (κ1) is 13.3. The van der Waals surface area contributed by atoms with E-state index in [1.165, 1.54) is 5.56 Å². The summed E-state index contributed by atoms with van der Waals surface area (Å²) >= 11 is 0. The highest BCUT2D eigenvalue weighted by molar-refractivity contribution is 5.87. The maximum Gasteiger partial charge on any atom is 0.141 e. The molecule has 106 valence electrons. The second kappa shape index (κ2) is 5.38. The summed E-state index contributed by atoms with van der Waals surface area (Å²) in [6, 6.07) is 7.66. The Hall–Kier alpha value is -1.65. The van der Waals surface area contributed by atoms with E-state index in [2.05, 4.69) is 23.7 Å². The summed E-state index contributed by atoms with van der Waals surface area (Å²) in [6.07, 6.45) is 2.24. The molecule has 20 heavy (non-hydrogen) atoms. The van der Waals surface area contributed by atoms with Gasteiger partial charge in [0.25, 0.3) is 0 Å². The van der Waals surface area contributed by atoms with Gasteiger partial charge in [-0.3, -0.25) is 9.88 Å². The van der Waals surface area contributed by atoms with Crippen molar-refractivity contribution in [2.24, 2.45) is 0 Å². The van der Waals surface area contributed by atoms with E-state index in [0.29, 0.717) is 5.52 Å². The van der Waals surface area contributed by atoms with Gasteiger partial charge in [-0.15, -0.1) is 0 Å². The molecule has 2 atom stereocenters. The molecule has 1 saturated heterocycles. The van der Waals surface area contributed by atoms with Crippen LogP contribution in [0.4, 0.5) is 0 Å². The highest BCUT2D eigenvalue weighted by atomic mass is 16.5. The van der Waals surface area contributed by atoms with Gasteiger partial charge in [-0.2, -0.15) is 0 Å². The number of hydrogen-bond acceptors (Lipinski definition) is 4. The maximum absolute atomic E-state index is 9.89. The topological polar surface area (TPSA) is 45.6 Å². The summed E-state index contributed by atoms with van der Waals surface area (Å²) in [4.78, 5) is 6.67. The first-order valence-corrected chi connectivity index (χ1v) is 7.07. The highest BCUT2D eigenvalue weighted by Gasteiger charge is 2.22. The minimum absolute atomic E-state index is 0.244. The van der Waals surface area contributed by atoms with Crippen LogP contribution in [0.5, 0.6) is 5.75 Å². The van der Waals surface area contributed by atoms with Crippen LogP contribution in [0, 0.1) is 0 Å². The lowest BCUT2D eigenvalue weighted by molar-refractivity contribution is -0.0703. The Kier molecular flexibility index (Phi) is 3.59. The van der Waals surface area contributed by atoms with Crippen molar-refractivity contribution in [3.8, 4) is 5.75 Å². The van der Waals surface area contributed by atoms with Gasteiger partial charge in [0, 0.05) is 31.2 Å². The Morgan fingerprint density at radius 3 is 2.75 bits per heavy atom. The second-order valence-electron chi connectivity index (χ2n) is 5.59. The van der Waals surface area contributed by atoms with Crippen LogP contribution >= 0.6 is 0 Å². The molecule has 0 spiro atoms. The van der Waals surface area contributed by atoms with Crippen molar-refractivity contribution in [3.63, 3.8) is 0 Å². The van der Waals surface area contributed by atoms with E-state index in [9.17, 15) is 5.11 Å². The van der Waals surface area contributed by atoms with Gasteiger partial charge in [0.05, 0.1) is 12.2 Å². The average Bonchev–Trinajstić information content (AvgIpc) is 2.41. The zero-order chi connectivity index (χ0) is 14.1. The van der Waals surface area contributed by atoms with Crippen molar-refractivity contribution in [3.05, 3.63) is 36.0 Å². The number of rotatable bonds is 2. The average molecular weight is 272 g/mol. The molecule has 1 fully saturated rings. The molecule has 0 aliphatic carbocycles. The van der Waals surface area contributed by atoms with Crippen molar-refractivity contribution >= 4 is 10.9 Å². The minimum atomic E-state index is 0.244. The smallest absolute Gasteiger partial charge is 0.141 e. The fourth-order valence-electron chi connectivity index (χ4n) is 3.01. The molecule has 0 saturated carbocycles. The third kappa shape index (κ3) is 2.62. The fraction of sp³-hybridized carbons (Fsp3) is 0.438. The summed E-state index contributed by atoms with van der Waals surface area (Å²) in [7, 11) is 0. The summed E-state index contributed by atoms with van der Waals surface area (Å²) in [5.41, 5.74) is 1.88. The number of pyridine rings is 1. The van der Waals surface area contributed by atoms with Gasteiger partial charge in [-0.05, 0) is 31.5 Å². The van der Waals surface area contributed by atoms with E-state index in [1.54, 1.807) is 12.3 Å². The zero-order valence-corrected chi connectivity index (χ0v) is 11.9. The van der Waals surface area contributed by atoms with E-state index in [1.807, 2.05) is 18.2 Å². The molecule has 3 rings (SSSR count). The van der Waals surface area contributed by atoms with Gasteiger partial charge >= 0.3 is 0 Å². The number of nitrogens with zero attached hydrogens (tertiary/aromatic N) is 2. The summed E-state index contributed by atoms with van der Waals surface area (Å²) in [6.45, 7) is 6.96. The van der Waals surface area contributed by atoms with Crippen molar-refractivity contribution in [1.29, 1.82) is 0 Å². The lowest BCUT2D eigenvalue weighted by atomic mass is 10.1. The molecule has 4 heteroatoms. The fourth-order valence-corrected chi connectivity index (χ4v) is 3.01. The van der Waals surface area contributed by atoms with E-state index in [-0.39, 0.29) is 18.0 Å². The number of benzene rings is 1. The first-order chi connectivity index (χ1) is 9.63. The van der Waals surface area contributed by atoms with Gasteiger partial charge in [0.2, 0.25) is 0 Å². The van der Waals surface area contributed by atoms with Crippen molar-refractivity contribution in [2.45, 2.75) is 32.6 Å². The molecule has 4 nitrogen and oxygen atoms in total. The number of aromatic nitrogens is 1. The maximum atomic E-state index is 9.89. The minimum Gasteiger partial charge on any atom is -0.506 e. The van der Waals surface area contributed by atoms with E-state index >= 15 is 0 Å². The van der Waals surface area contributed by atoms with Crippen LogP contribution in [0.25, 0.3) is 10.9 Å². The molecule has 2 unspecified atom stereocenters. The monoisotopic (exact) mass is 272 g/mol. The molecule has 1 N–H and O–H groups in total. The van der Waals surface area contributed by atoms with Crippen LogP contribution in [0.2, 0.25) is 0 Å². The number of hydrogen-bond donors (Lipinski definition) is 1. The van der Waals surface area contributed by atoms with Crippen LogP contribution in [-0.2, 0) is 11.3 Å². The third-order valence-electron chi connectivity index (χ3n) is 3.73. The molecule has 1 aromatic carbocycles. The lowest BCUT2D eigenvalue weighted by Gasteiger charge is -2.35. The van der Waals surface area contributed by atoms with Gasteiger partial charge in [0.1, 0.15) is 11.3 Å². The molecule has 0 radical (unpaired) electrons. The third-order valence-corrected chi connectivity index (χ3v) is 3.73. The highest BCUT2D eigenvalue weighted by Crippen LogP contribution is 2.27. The number of aromatic hydroxyl groups is 1. The normalized spacial score (nSPS) is 24.1. The predicted molar refractivity (Wildman–Crippen MR) is 78.7 cm³/mol. The van der Waals surface area contributed by atoms with Crippen molar-refractivity contribution in [1.82, 2.24) is 9.88 Å². The standard InChI is InChI=1S/C16H20N2O2/c1-11-8-18(9-12(2)20-11)10-13-5-6-15(19)16-14(13)4-3-7-17-16/h3-7,11-12,19H,8-10H2,1-2H3. The van der Waals surface area contributed by atoms with Gasteiger partial charge < -0.3 is 9.84 Å². The molecule has 1 aliphatic rings. The van der Waals surface area contributed by atoms with Crippen LogP contribution < -0.4 is 0 Å². The van der Waals surface area contributed by atoms with Crippen molar-refractivity contribution in [2.75, 3.05) is 13.1 Å². The van der Waals surface area contributed by atoms with Gasteiger partial charge in [-0.1, -0.05) is 12.1 Å². The van der Waals surface area contributed by atoms with E-state index < -0.39 is 0 Å². The molecule has 0 amide bonds.